The van der Waals surface area contributed by atoms with Crippen LogP contribution in [-0.4, -0.2) is 32.1 Å². The zero-order valence-electron chi connectivity index (χ0n) is 17.8. The van der Waals surface area contributed by atoms with Gasteiger partial charge in [-0.15, -0.1) is 0 Å². The Morgan fingerprint density at radius 3 is 2.17 bits per heavy atom. The summed E-state index contributed by atoms with van der Waals surface area (Å²) in [7, 11) is -3.56. The van der Waals surface area contributed by atoms with Crippen molar-refractivity contribution in [3.63, 3.8) is 0 Å². The molecule has 1 atom stereocenters. The van der Waals surface area contributed by atoms with Crippen molar-refractivity contribution in [2.24, 2.45) is 5.73 Å². The summed E-state index contributed by atoms with van der Waals surface area (Å²) in [6.07, 6.45) is 4.44. The average Bonchev–Trinajstić information content (AvgIpc) is 2.69. The van der Waals surface area contributed by atoms with Crippen molar-refractivity contribution in [3.05, 3.63) is 65.7 Å². The first kappa shape index (κ1) is 27.7. The molecular weight excluding hydrogens is 404 g/mol. The van der Waals surface area contributed by atoms with Gasteiger partial charge in [-0.1, -0.05) is 74.2 Å². The predicted molar refractivity (Wildman–Crippen MR) is 119 cm³/mol. The Balaban J connectivity index is 0.000000573. The summed E-state index contributed by atoms with van der Waals surface area (Å²) in [5, 5.41) is 8.52. The molecule has 0 aliphatic carbocycles. The SMILES string of the molecule is CCCCCCOS(=O)(=O)c1ccc(C)cc1.N.N[C@@H](Cc1ccccc1)C(=O)O. The predicted octanol–water partition coefficient (Wildman–Crippen LogP) is 4.08. The lowest BCUT2D eigenvalue weighted by Crippen LogP contribution is -2.32. The molecule has 0 spiro atoms. The quantitative estimate of drug-likeness (QED) is 0.375. The van der Waals surface area contributed by atoms with E-state index in [9.17, 15) is 13.2 Å². The summed E-state index contributed by atoms with van der Waals surface area (Å²) in [6, 6.07) is 15.2. The maximum atomic E-state index is 11.8. The highest BCUT2D eigenvalue weighted by molar-refractivity contribution is 7.86. The van der Waals surface area contributed by atoms with Crippen molar-refractivity contribution in [3.8, 4) is 0 Å². The third-order valence-electron chi connectivity index (χ3n) is 4.16. The minimum absolute atomic E-state index is 0. The van der Waals surface area contributed by atoms with Gasteiger partial charge in [-0.05, 0) is 37.5 Å². The number of hydrogen-bond donors (Lipinski definition) is 3. The first-order chi connectivity index (χ1) is 13.8. The van der Waals surface area contributed by atoms with Crippen LogP contribution in [0, 0.1) is 6.92 Å². The minimum atomic E-state index is -3.56. The Bertz CT molecular complexity index is 824. The van der Waals surface area contributed by atoms with Gasteiger partial charge in [0, 0.05) is 0 Å². The molecule has 8 heteroatoms. The molecule has 7 nitrogen and oxygen atoms in total. The number of rotatable bonds is 10. The second-order valence-corrected chi connectivity index (χ2v) is 8.40. The van der Waals surface area contributed by atoms with Crippen LogP contribution in [0.1, 0.15) is 43.7 Å². The Morgan fingerprint density at radius 2 is 1.63 bits per heavy atom. The summed E-state index contributed by atoms with van der Waals surface area (Å²) >= 11 is 0. The number of nitrogens with two attached hydrogens (primary N) is 1. The molecule has 0 saturated carbocycles. The van der Waals surface area contributed by atoms with Crippen LogP contribution in [0.25, 0.3) is 0 Å². The number of carbonyl (C=O) groups is 1. The Kier molecular flexibility index (Phi) is 13.6. The third-order valence-corrected chi connectivity index (χ3v) is 5.49. The molecule has 0 unspecified atom stereocenters. The van der Waals surface area contributed by atoms with Gasteiger partial charge >= 0.3 is 5.97 Å². The first-order valence-electron chi connectivity index (χ1n) is 9.74. The average molecular weight is 439 g/mol. The van der Waals surface area contributed by atoms with Crippen LogP contribution in [0.3, 0.4) is 0 Å². The molecule has 0 amide bonds. The zero-order valence-corrected chi connectivity index (χ0v) is 18.6. The number of unbranched alkanes of at least 4 members (excludes halogenated alkanes) is 3. The van der Waals surface area contributed by atoms with Gasteiger partial charge in [0.05, 0.1) is 11.5 Å². The first-order valence-corrected chi connectivity index (χ1v) is 11.2. The van der Waals surface area contributed by atoms with Gasteiger partial charge in [0.2, 0.25) is 0 Å². The molecular formula is C22H34N2O5S. The van der Waals surface area contributed by atoms with Gasteiger partial charge in [0.1, 0.15) is 6.04 Å². The molecule has 6 N–H and O–H groups in total. The Labute approximate surface area is 180 Å². The van der Waals surface area contributed by atoms with Gasteiger partial charge in [-0.2, -0.15) is 8.42 Å². The number of carboxylic acids is 1. The fraction of sp³-hybridized carbons (Fsp3) is 0.409. The molecule has 0 aliphatic heterocycles. The third kappa shape index (κ3) is 11.1. The maximum absolute atomic E-state index is 11.8. The zero-order chi connectivity index (χ0) is 21.7. The standard InChI is InChI=1S/C13H20O3S.C9H11NO2.H3N/c1-3-4-5-6-11-16-17(14,15)13-9-7-12(2)8-10-13;10-8(9(11)12)6-7-4-2-1-3-5-7;/h7-10H,3-6,11H2,1-2H3;1-5,8H,6,10H2,(H,11,12);1H3/t;8-;/m.0./s1. The van der Waals surface area contributed by atoms with E-state index >= 15 is 0 Å². The minimum Gasteiger partial charge on any atom is -0.480 e. The number of benzene rings is 2. The van der Waals surface area contributed by atoms with Crippen LogP contribution in [-0.2, 0) is 25.5 Å². The van der Waals surface area contributed by atoms with E-state index in [1.165, 1.54) is 0 Å². The maximum Gasteiger partial charge on any atom is 0.320 e. The number of hydrogen-bond acceptors (Lipinski definition) is 6. The van der Waals surface area contributed by atoms with E-state index in [1.807, 2.05) is 37.3 Å². The Hall–Kier alpha value is -2.26. The second kappa shape index (κ2) is 14.7. The monoisotopic (exact) mass is 438 g/mol. The van der Waals surface area contributed by atoms with Crippen LogP contribution in [0.5, 0.6) is 0 Å². The number of aliphatic carboxylic acids is 1. The van der Waals surface area contributed by atoms with Crippen LogP contribution >= 0.6 is 0 Å². The van der Waals surface area contributed by atoms with Crippen molar-refractivity contribution in [1.29, 1.82) is 0 Å². The summed E-state index contributed by atoms with van der Waals surface area (Å²) in [6.45, 7) is 4.31. The van der Waals surface area contributed by atoms with E-state index in [0.717, 1.165) is 36.8 Å². The van der Waals surface area contributed by atoms with Crippen LogP contribution in [0.4, 0.5) is 0 Å². The van der Waals surface area contributed by atoms with Crippen molar-refractivity contribution in [1.82, 2.24) is 6.15 Å². The summed E-state index contributed by atoms with van der Waals surface area (Å²) in [5.41, 5.74) is 7.33. The van der Waals surface area contributed by atoms with E-state index in [0.29, 0.717) is 6.42 Å². The molecule has 0 radical (unpaired) electrons. The highest BCUT2D eigenvalue weighted by Crippen LogP contribution is 2.14. The molecule has 0 fully saturated rings. The second-order valence-electron chi connectivity index (χ2n) is 6.78. The molecule has 168 valence electrons. The molecule has 0 bridgehead atoms. The van der Waals surface area contributed by atoms with E-state index in [2.05, 4.69) is 6.92 Å². The van der Waals surface area contributed by atoms with Gasteiger partial charge < -0.3 is 17.0 Å². The van der Waals surface area contributed by atoms with E-state index < -0.39 is 22.1 Å². The molecule has 2 aromatic carbocycles. The highest BCUT2D eigenvalue weighted by atomic mass is 32.2. The van der Waals surface area contributed by atoms with Gasteiger partial charge in [0.15, 0.2) is 0 Å². The summed E-state index contributed by atoms with van der Waals surface area (Å²) < 4.78 is 28.5. The molecule has 0 aromatic heterocycles. The molecule has 30 heavy (non-hydrogen) atoms. The fourth-order valence-corrected chi connectivity index (χ4v) is 3.37. The van der Waals surface area contributed by atoms with Gasteiger partial charge in [-0.25, -0.2) is 0 Å². The van der Waals surface area contributed by atoms with Crippen molar-refractivity contribution in [2.45, 2.75) is 56.9 Å². The lowest BCUT2D eigenvalue weighted by molar-refractivity contribution is -0.138. The summed E-state index contributed by atoms with van der Waals surface area (Å²) in [4.78, 5) is 10.6. The smallest absolute Gasteiger partial charge is 0.320 e. The molecule has 0 heterocycles. The topological polar surface area (TPSA) is 142 Å². The van der Waals surface area contributed by atoms with Crippen molar-refractivity contribution >= 4 is 16.1 Å². The van der Waals surface area contributed by atoms with E-state index in [4.69, 9.17) is 15.0 Å². The van der Waals surface area contributed by atoms with E-state index in [-0.39, 0.29) is 17.7 Å². The molecule has 0 saturated heterocycles. The Morgan fingerprint density at radius 1 is 1.03 bits per heavy atom. The molecule has 2 aromatic rings. The van der Waals surface area contributed by atoms with Gasteiger partial charge in [-0.3, -0.25) is 8.98 Å². The highest BCUT2D eigenvalue weighted by Gasteiger charge is 2.14. The number of aryl methyl sites for hydroxylation is 1. The van der Waals surface area contributed by atoms with Crippen LogP contribution < -0.4 is 11.9 Å². The van der Waals surface area contributed by atoms with Crippen molar-refractivity contribution in [2.75, 3.05) is 6.61 Å². The summed E-state index contributed by atoms with van der Waals surface area (Å²) in [5.74, 6) is -0.959. The van der Waals surface area contributed by atoms with E-state index in [1.54, 1.807) is 24.3 Å². The van der Waals surface area contributed by atoms with Crippen molar-refractivity contribution < 1.29 is 22.5 Å². The van der Waals surface area contributed by atoms with Crippen LogP contribution in [0.2, 0.25) is 0 Å². The molecule has 2 rings (SSSR count). The normalized spacial score (nSPS) is 11.6. The lowest BCUT2D eigenvalue weighted by atomic mass is 10.1. The number of carboxylic acid groups (broad SMARTS) is 1. The molecule has 0 aliphatic rings. The van der Waals surface area contributed by atoms with Crippen LogP contribution in [0.15, 0.2) is 59.5 Å². The lowest BCUT2D eigenvalue weighted by Gasteiger charge is -2.05. The van der Waals surface area contributed by atoms with Gasteiger partial charge in [0.25, 0.3) is 10.1 Å². The largest absolute Gasteiger partial charge is 0.480 e. The fourth-order valence-electron chi connectivity index (χ4n) is 2.43.